The van der Waals surface area contributed by atoms with Crippen LogP contribution in [0, 0.1) is 0 Å². The second kappa shape index (κ2) is 17.0. The monoisotopic (exact) mass is 541 g/mol. The first kappa shape index (κ1) is 30.6. The average Bonchev–Trinajstić information content (AvgIpc) is 3.49. The molecular weight excluding hydrogens is 501 g/mol. The quantitative estimate of drug-likeness (QED) is 0.233. The first-order chi connectivity index (χ1) is 17.4. The van der Waals surface area contributed by atoms with Crippen molar-refractivity contribution in [3.8, 4) is 0 Å². The second-order valence-corrected chi connectivity index (χ2v) is 10.1. The lowest BCUT2D eigenvalue weighted by Crippen LogP contribution is -2.34. The Kier molecular flexibility index (Phi) is 14.4. The van der Waals surface area contributed by atoms with E-state index in [2.05, 4.69) is 23.9 Å². The van der Waals surface area contributed by atoms with Gasteiger partial charge < -0.3 is 14.6 Å². The van der Waals surface area contributed by atoms with Crippen LogP contribution in [0.1, 0.15) is 96.5 Å². The van der Waals surface area contributed by atoms with Gasteiger partial charge in [0, 0.05) is 17.0 Å². The third-order valence-electron chi connectivity index (χ3n) is 6.14. The van der Waals surface area contributed by atoms with Crippen LogP contribution in [0.2, 0.25) is 10.0 Å². The van der Waals surface area contributed by atoms with Gasteiger partial charge in [0.05, 0.1) is 17.7 Å². The molecule has 9 heteroatoms. The molecule has 1 fully saturated rings. The molecule has 1 aliphatic rings. The molecule has 7 nitrogen and oxygen atoms in total. The largest absolute Gasteiger partial charge is 0.481 e. The number of hydrogen-bond acceptors (Lipinski definition) is 5. The van der Waals surface area contributed by atoms with Crippen LogP contribution < -0.4 is 0 Å². The lowest BCUT2D eigenvalue weighted by Gasteiger charge is -2.29. The first-order valence-corrected chi connectivity index (χ1v) is 14.0. The molecule has 3 rings (SSSR count). The van der Waals surface area contributed by atoms with E-state index in [9.17, 15) is 4.79 Å². The summed E-state index contributed by atoms with van der Waals surface area (Å²) in [6, 6.07) is 5.32. The number of carbonyl (C=O) groups is 1. The van der Waals surface area contributed by atoms with Gasteiger partial charge in [0.1, 0.15) is 19.2 Å². The Hall–Kier alpha value is -1.67. The lowest BCUT2D eigenvalue weighted by molar-refractivity contribution is -0.189. The zero-order valence-corrected chi connectivity index (χ0v) is 23.1. The molecule has 36 heavy (non-hydrogen) atoms. The molecule has 2 atom stereocenters. The Bertz CT molecular complexity index is 882. The summed E-state index contributed by atoms with van der Waals surface area (Å²) in [7, 11) is 0. The van der Waals surface area contributed by atoms with Crippen LogP contribution >= 0.6 is 23.2 Å². The van der Waals surface area contributed by atoms with E-state index < -0.39 is 11.8 Å². The van der Waals surface area contributed by atoms with Gasteiger partial charge in [-0.2, -0.15) is 5.10 Å². The number of nitrogens with zero attached hydrogens (tertiary/aromatic N) is 3. The van der Waals surface area contributed by atoms with Crippen LogP contribution in [0.25, 0.3) is 0 Å². The summed E-state index contributed by atoms with van der Waals surface area (Å²) in [5.74, 6) is -1.62. The van der Waals surface area contributed by atoms with Crippen molar-refractivity contribution in [1.29, 1.82) is 0 Å². The Balaban J connectivity index is 0.000000284. The molecule has 1 saturated heterocycles. The summed E-state index contributed by atoms with van der Waals surface area (Å²) in [4.78, 5) is 14.2. The van der Waals surface area contributed by atoms with Gasteiger partial charge in [-0.25, -0.2) is 9.67 Å². The predicted molar refractivity (Wildman–Crippen MR) is 143 cm³/mol. The minimum absolute atomic E-state index is 0.0419. The van der Waals surface area contributed by atoms with Gasteiger partial charge in [-0.05, 0) is 25.0 Å². The summed E-state index contributed by atoms with van der Waals surface area (Å²) in [5, 5.41) is 13.7. The summed E-state index contributed by atoms with van der Waals surface area (Å²) < 4.78 is 14.0. The fourth-order valence-electron chi connectivity index (χ4n) is 4.25. The number of carboxylic acids is 1. The molecule has 1 aromatic heterocycles. The molecule has 0 amide bonds. The summed E-state index contributed by atoms with van der Waals surface area (Å²) >= 11 is 12.4. The minimum Gasteiger partial charge on any atom is -0.481 e. The highest BCUT2D eigenvalue weighted by molar-refractivity contribution is 6.35. The van der Waals surface area contributed by atoms with Crippen LogP contribution in [0.4, 0.5) is 0 Å². The molecular formula is C27H41Cl2N3O4. The third-order valence-corrected chi connectivity index (χ3v) is 6.69. The number of halogens is 2. The van der Waals surface area contributed by atoms with Crippen molar-refractivity contribution in [2.75, 3.05) is 6.61 Å². The molecule has 1 N–H and O–H groups in total. The molecule has 0 aliphatic carbocycles. The number of unbranched alkanes of at least 4 members (excludes halogenated alkanes) is 8. The maximum absolute atomic E-state index is 10.2. The number of aromatic nitrogens is 3. The molecule has 202 valence electrons. The van der Waals surface area contributed by atoms with E-state index in [1.54, 1.807) is 23.1 Å². The molecule has 0 saturated carbocycles. The number of hydrogen-bond donors (Lipinski definition) is 1. The van der Waals surface area contributed by atoms with Crippen LogP contribution in [0.15, 0.2) is 30.9 Å². The molecule has 1 aromatic carbocycles. The van der Waals surface area contributed by atoms with Crippen molar-refractivity contribution in [2.45, 2.75) is 109 Å². The van der Waals surface area contributed by atoms with Gasteiger partial charge in [-0.3, -0.25) is 4.79 Å². The Morgan fingerprint density at radius 1 is 1.08 bits per heavy atom. The summed E-state index contributed by atoms with van der Waals surface area (Å²) in [6.07, 6.45) is 16.6. The maximum atomic E-state index is 10.2. The number of rotatable bonds is 15. The van der Waals surface area contributed by atoms with E-state index in [-0.39, 0.29) is 6.10 Å². The Morgan fingerprint density at radius 3 is 2.36 bits per heavy atom. The zero-order chi connectivity index (χ0) is 26.2. The SMILES string of the molecule is CCCC1COC(Cn2cncn2)(c2ccc(Cl)cc2Cl)O1.CCCCCCCCCCCC(=O)O. The summed E-state index contributed by atoms with van der Waals surface area (Å²) in [6.45, 7) is 5.26. The van der Waals surface area contributed by atoms with E-state index in [0.717, 1.165) is 31.2 Å². The zero-order valence-electron chi connectivity index (χ0n) is 21.6. The molecule has 2 aromatic rings. The van der Waals surface area contributed by atoms with Crippen molar-refractivity contribution in [3.63, 3.8) is 0 Å². The van der Waals surface area contributed by atoms with Crippen molar-refractivity contribution in [3.05, 3.63) is 46.5 Å². The molecule has 1 aliphatic heterocycles. The molecule has 0 bridgehead atoms. The minimum atomic E-state index is -0.963. The maximum Gasteiger partial charge on any atom is 0.303 e. The van der Waals surface area contributed by atoms with E-state index in [1.165, 1.54) is 51.3 Å². The standard InChI is InChI=1S/C15H17Cl2N3O2.C12H24O2/c1-2-3-12-7-21-15(22-12,8-20-10-18-9-19-20)13-5-4-11(16)6-14(13)17;1-2-3-4-5-6-7-8-9-10-11-12(13)14/h4-6,9-10,12H,2-3,7-8H2,1H3;2-11H2,1H3,(H,13,14). The van der Waals surface area contributed by atoms with Gasteiger partial charge in [0.15, 0.2) is 0 Å². The topological polar surface area (TPSA) is 86.5 Å². The van der Waals surface area contributed by atoms with Crippen LogP contribution in [-0.2, 0) is 26.6 Å². The fraction of sp³-hybridized carbons (Fsp3) is 0.667. The van der Waals surface area contributed by atoms with Crippen LogP contribution in [0.5, 0.6) is 0 Å². The van der Waals surface area contributed by atoms with Crippen molar-refractivity contribution >= 4 is 29.2 Å². The van der Waals surface area contributed by atoms with Crippen molar-refractivity contribution in [1.82, 2.24) is 14.8 Å². The predicted octanol–water partition coefficient (Wildman–Crippen LogP) is 7.65. The highest BCUT2D eigenvalue weighted by atomic mass is 35.5. The Labute approximate surface area is 225 Å². The van der Waals surface area contributed by atoms with E-state index in [1.807, 2.05) is 6.07 Å². The number of benzene rings is 1. The number of carboxylic acid groups (broad SMARTS) is 1. The van der Waals surface area contributed by atoms with Crippen LogP contribution in [-0.4, -0.2) is 38.6 Å². The molecule has 0 radical (unpaired) electrons. The summed E-state index contributed by atoms with van der Waals surface area (Å²) in [5.41, 5.74) is 0.757. The van der Waals surface area contributed by atoms with Crippen molar-refractivity contribution < 1.29 is 19.4 Å². The van der Waals surface area contributed by atoms with Gasteiger partial charge >= 0.3 is 5.97 Å². The van der Waals surface area contributed by atoms with Crippen LogP contribution in [0.3, 0.4) is 0 Å². The van der Waals surface area contributed by atoms with Gasteiger partial charge in [0.25, 0.3) is 0 Å². The number of aliphatic carboxylic acids is 1. The normalized spacial score (nSPS) is 19.2. The van der Waals surface area contributed by atoms with E-state index in [0.29, 0.717) is 29.6 Å². The smallest absolute Gasteiger partial charge is 0.303 e. The fourth-order valence-corrected chi connectivity index (χ4v) is 4.80. The lowest BCUT2D eigenvalue weighted by atomic mass is 10.1. The first-order valence-electron chi connectivity index (χ1n) is 13.2. The molecule has 0 spiro atoms. The van der Waals surface area contributed by atoms with E-state index in [4.69, 9.17) is 37.8 Å². The third kappa shape index (κ3) is 10.8. The Morgan fingerprint density at radius 2 is 1.78 bits per heavy atom. The average molecular weight is 543 g/mol. The van der Waals surface area contributed by atoms with Gasteiger partial charge in [-0.1, -0.05) is 101 Å². The highest BCUT2D eigenvalue weighted by Gasteiger charge is 2.45. The molecule has 2 unspecified atom stereocenters. The van der Waals surface area contributed by atoms with Gasteiger partial charge in [0.2, 0.25) is 5.79 Å². The van der Waals surface area contributed by atoms with E-state index >= 15 is 0 Å². The second-order valence-electron chi connectivity index (χ2n) is 9.28. The van der Waals surface area contributed by atoms with Gasteiger partial charge in [-0.15, -0.1) is 0 Å². The number of ether oxygens (including phenoxy) is 2. The highest BCUT2D eigenvalue weighted by Crippen LogP contribution is 2.41. The van der Waals surface area contributed by atoms with Crippen molar-refractivity contribution in [2.24, 2.45) is 0 Å². The molecule has 2 heterocycles.